The highest BCUT2D eigenvalue weighted by Gasteiger charge is 1.99. The molecule has 2 aromatic rings. The molecule has 0 amide bonds. The highest BCUT2D eigenvalue weighted by Crippen LogP contribution is 2.16. The van der Waals surface area contributed by atoms with Crippen LogP contribution in [0.15, 0.2) is 48.5 Å². The van der Waals surface area contributed by atoms with Crippen molar-refractivity contribution in [3.8, 4) is 5.75 Å². The third-order valence-electron chi connectivity index (χ3n) is 3.25. The van der Waals surface area contributed by atoms with E-state index in [0.29, 0.717) is 6.61 Å². The van der Waals surface area contributed by atoms with Crippen LogP contribution in [0, 0.1) is 0 Å². The van der Waals surface area contributed by atoms with Crippen LogP contribution in [0.25, 0.3) is 0 Å². The van der Waals surface area contributed by atoms with Gasteiger partial charge in [-0.2, -0.15) is 0 Å². The number of halogens is 2. The summed E-state index contributed by atoms with van der Waals surface area (Å²) >= 11 is 5.87. The van der Waals surface area contributed by atoms with Crippen LogP contribution in [0.1, 0.15) is 30.9 Å². The first-order chi connectivity index (χ1) is 10.3. The van der Waals surface area contributed by atoms with Crippen LogP contribution in [0.5, 0.6) is 5.75 Å². The lowest BCUT2D eigenvalue weighted by atomic mass is 10.2. The molecule has 0 aromatic heterocycles. The fourth-order valence-electron chi connectivity index (χ4n) is 2.03. The summed E-state index contributed by atoms with van der Waals surface area (Å²) in [4.78, 5) is 0. The van der Waals surface area contributed by atoms with Crippen molar-refractivity contribution in [3.63, 3.8) is 0 Å². The van der Waals surface area contributed by atoms with E-state index < -0.39 is 0 Å². The number of ether oxygens (including phenoxy) is 1. The predicted molar refractivity (Wildman–Crippen MR) is 96.1 cm³/mol. The Bertz CT molecular complexity index is 543. The van der Waals surface area contributed by atoms with E-state index in [9.17, 15) is 0 Å². The van der Waals surface area contributed by atoms with Gasteiger partial charge in [0.05, 0.1) is 0 Å². The van der Waals surface area contributed by atoms with Crippen molar-refractivity contribution in [3.05, 3.63) is 64.7 Å². The van der Waals surface area contributed by atoms with Gasteiger partial charge in [0.2, 0.25) is 0 Å². The van der Waals surface area contributed by atoms with E-state index in [1.165, 1.54) is 18.4 Å². The van der Waals surface area contributed by atoms with Gasteiger partial charge in [0.15, 0.2) is 0 Å². The molecule has 2 aromatic carbocycles. The summed E-state index contributed by atoms with van der Waals surface area (Å²) < 4.78 is 5.83. The Morgan fingerprint density at radius 3 is 2.55 bits per heavy atom. The molecule has 0 unspecified atom stereocenters. The molecular weight excluding hydrogens is 317 g/mol. The van der Waals surface area contributed by atoms with Gasteiger partial charge < -0.3 is 10.1 Å². The van der Waals surface area contributed by atoms with Crippen LogP contribution in [0.4, 0.5) is 0 Å². The minimum Gasteiger partial charge on any atom is -0.489 e. The van der Waals surface area contributed by atoms with Crippen molar-refractivity contribution in [1.29, 1.82) is 0 Å². The molecule has 0 saturated heterocycles. The van der Waals surface area contributed by atoms with E-state index in [1.54, 1.807) is 0 Å². The summed E-state index contributed by atoms with van der Waals surface area (Å²) in [7, 11) is 0. The third kappa shape index (κ3) is 6.69. The SMILES string of the molecule is CCCCNCc1cccc(OCc2ccc(Cl)cc2)c1.Cl. The van der Waals surface area contributed by atoms with Crippen molar-refractivity contribution in [2.45, 2.75) is 32.9 Å². The van der Waals surface area contributed by atoms with Crippen molar-refractivity contribution in [2.24, 2.45) is 0 Å². The van der Waals surface area contributed by atoms with Crippen LogP contribution in [-0.4, -0.2) is 6.54 Å². The van der Waals surface area contributed by atoms with Crippen LogP contribution in [-0.2, 0) is 13.2 Å². The summed E-state index contributed by atoms with van der Waals surface area (Å²) in [6.45, 7) is 4.71. The Hall–Kier alpha value is -1.22. The lowest BCUT2D eigenvalue weighted by Crippen LogP contribution is -2.14. The zero-order chi connectivity index (χ0) is 14.9. The van der Waals surface area contributed by atoms with Crippen molar-refractivity contribution < 1.29 is 4.74 Å². The molecule has 0 atom stereocenters. The molecule has 0 heterocycles. The average Bonchev–Trinajstić information content (AvgIpc) is 2.52. The number of rotatable bonds is 8. The Labute approximate surface area is 144 Å². The van der Waals surface area contributed by atoms with Gasteiger partial charge >= 0.3 is 0 Å². The Kier molecular flexibility index (Phi) is 8.98. The van der Waals surface area contributed by atoms with E-state index in [1.807, 2.05) is 36.4 Å². The van der Waals surface area contributed by atoms with E-state index in [-0.39, 0.29) is 12.4 Å². The van der Waals surface area contributed by atoms with Crippen LogP contribution < -0.4 is 10.1 Å². The molecule has 4 heteroatoms. The number of benzene rings is 2. The second-order valence-corrected chi connectivity index (χ2v) is 5.53. The molecule has 120 valence electrons. The second-order valence-electron chi connectivity index (χ2n) is 5.09. The predicted octanol–water partition coefficient (Wildman–Crippen LogP) is 5.23. The Morgan fingerprint density at radius 1 is 1.05 bits per heavy atom. The number of unbranched alkanes of at least 4 members (excludes halogenated alkanes) is 1. The molecule has 0 aliphatic heterocycles. The molecule has 1 N–H and O–H groups in total. The first-order valence-corrected chi connectivity index (χ1v) is 7.82. The smallest absolute Gasteiger partial charge is 0.120 e. The molecule has 0 saturated carbocycles. The van der Waals surface area contributed by atoms with Crippen LogP contribution in [0.2, 0.25) is 5.02 Å². The minimum absolute atomic E-state index is 0. The van der Waals surface area contributed by atoms with Crippen molar-refractivity contribution in [1.82, 2.24) is 5.32 Å². The molecular formula is C18H23Cl2NO. The lowest BCUT2D eigenvalue weighted by molar-refractivity contribution is 0.306. The third-order valence-corrected chi connectivity index (χ3v) is 3.51. The lowest BCUT2D eigenvalue weighted by Gasteiger charge is -2.09. The van der Waals surface area contributed by atoms with Gasteiger partial charge in [-0.15, -0.1) is 12.4 Å². The highest BCUT2D eigenvalue weighted by molar-refractivity contribution is 6.30. The van der Waals surface area contributed by atoms with E-state index in [2.05, 4.69) is 24.4 Å². The van der Waals surface area contributed by atoms with Crippen LogP contribution in [0.3, 0.4) is 0 Å². The summed E-state index contributed by atoms with van der Waals surface area (Å²) in [5.41, 5.74) is 2.37. The Balaban J connectivity index is 0.00000242. The molecule has 0 bridgehead atoms. The van der Waals surface area contributed by atoms with Gasteiger partial charge in [0.25, 0.3) is 0 Å². The molecule has 0 aliphatic rings. The largest absolute Gasteiger partial charge is 0.489 e. The summed E-state index contributed by atoms with van der Waals surface area (Å²) in [5.74, 6) is 0.903. The second kappa shape index (κ2) is 10.5. The van der Waals surface area contributed by atoms with Gasteiger partial charge in [-0.25, -0.2) is 0 Å². The quantitative estimate of drug-likeness (QED) is 0.664. The maximum atomic E-state index is 5.87. The first kappa shape index (κ1) is 18.8. The van der Waals surface area contributed by atoms with Crippen LogP contribution >= 0.6 is 24.0 Å². The Morgan fingerprint density at radius 2 is 1.82 bits per heavy atom. The molecule has 0 aliphatic carbocycles. The van der Waals surface area contributed by atoms with Gasteiger partial charge in [-0.3, -0.25) is 0 Å². The molecule has 22 heavy (non-hydrogen) atoms. The van der Waals surface area contributed by atoms with E-state index in [4.69, 9.17) is 16.3 Å². The van der Waals surface area contributed by atoms with E-state index in [0.717, 1.165) is 29.4 Å². The molecule has 0 radical (unpaired) electrons. The normalized spacial score (nSPS) is 10.1. The zero-order valence-corrected chi connectivity index (χ0v) is 14.4. The number of hydrogen-bond acceptors (Lipinski definition) is 2. The van der Waals surface area contributed by atoms with Gasteiger partial charge in [-0.05, 0) is 48.4 Å². The van der Waals surface area contributed by atoms with Crippen molar-refractivity contribution >= 4 is 24.0 Å². The summed E-state index contributed by atoms with van der Waals surface area (Å²) in [6, 6.07) is 16.0. The molecule has 2 rings (SSSR count). The number of hydrogen-bond donors (Lipinski definition) is 1. The van der Waals surface area contributed by atoms with Gasteiger partial charge in [0.1, 0.15) is 12.4 Å². The topological polar surface area (TPSA) is 21.3 Å². The monoisotopic (exact) mass is 339 g/mol. The standard InChI is InChI=1S/C18H22ClNO.ClH/c1-2-3-11-20-13-16-5-4-6-18(12-16)21-14-15-7-9-17(19)10-8-15;/h4-10,12,20H,2-3,11,13-14H2,1H3;1H. The molecule has 0 fully saturated rings. The molecule has 0 spiro atoms. The summed E-state index contributed by atoms with van der Waals surface area (Å²) in [5, 5.41) is 4.19. The highest BCUT2D eigenvalue weighted by atomic mass is 35.5. The number of nitrogens with one attached hydrogen (secondary N) is 1. The maximum absolute atomic E-state index is 5.87. The van der Waals surface area contributed by atoms with Crippen molar-refractivity contribution in [2.75, 3.05) is 6.54 Å². The van der Waals surface area contributed by atoms with Gasteiger partial charge in [0, 0.05) is 11.6 Å². The molecule has 2 nitrogen and oxygen atoms in total. The first-order valence-electron chi connectivity index (χ1n) is 7.45. The van der Waals surface area contributed by atoms with Gasteiger partial charge in [-0.1, -0.05) is 49.2 Å². The minimum atomic E-state index is 0. The fraction of sp³-hybridized carbons (Fsp3) is 0.333. The fourth-order valence-corrected chi connectivity index (χ4v) is 2.15. The van der Waals surface area contributed by atoms with E-state index >= 15 is 0 Å². The maximum Gasteiger partial charge on any atom is 0.120 e. The average molecular weight is 340 g/mol. The summed E-state index contributed by atoms with van der Waals surface area (Å²) in [6.07, 6.45) is 2.43. The zero-order valence-electron chi connectivity index (χ0n) is 12.8.